The van der Waals surface area contributed by atoms with E-state index in [2.05, 4.69) is 12.0 Å². The first-order chi connectivity index (χ1) is 8.20. The summed E-state index contributed by atoms with van der Waals surface area (Å²) in [6.07, 6.45) is 4.40. The molecule has 1 unspecified atom stereocenters. The number of unbranched alkanes of at least 4 members (excludes halogenated alkanes) is 1. The first-order valence-corrected chi connectivity index (χ1v) is 6.46. The van der Waals surface area contributed by atoms with Crippen molar-refractivity contribution in [1.82, 2.24) is 0 Å². The Bertz CT molecular complexity index is 400. The largest absolute Gasteiger partial charge is 0.386 e. The number of nitrogens with two attached hydrogens (primary N) is 1. The Labute approximate surface area is 107 Å². The molecule has 1 aromatic rings. The minimum atomic E-state index is 0.399. The van der Waals surface area contributed by atoms with E-state index in [0.29, 0.717) is 6.04 Å². The maximum absolute atomic E-state index is 5.89. The van der Waals surface area contributed by atoms with Crippen LogP contribution in [0.2, 0.25) is 5.02 Å². The lowest BCUT2D eigenvalue weighted by Gasteiger charge is -2.23. The van der Waals surface area contributed by atoms with Crippen LogP contribution in [0.1, 0.15) is 32.6 Å². The van der Waals surface area contributed by atoms with Crippen LogP contribution in [0.15, 0.2) is 29.4 Å². The van der Waals surface area contributed by atoms with Crippen molar-refractivity contribution in [3.8, 4) is 0 Å². The summed E-state index contributed by atoms with van der Waals surface area (Å²) in [5.41, 5.74) is 6.90. The van der Waals surface area contributed by atoms with E-state index in [1.807, 2.05) is 29.3 Å². The number of rotatable bonds is 4. The van der Waals surface area contributed by atoms with E-state index in [1.54, 1.807) is 0 Å². The Kier molecular flexibility index (Phi) is 3.89. The smallest absolute Gasteiger partial charge is 0.122 e. The zero-order chi connectivity index (χ0) is 12.3. The van der Waals surface area contributed by atoms with E-state index in [1.165, 1.54) is 12.8 Å². The summed E-state index contributed by atoms with van der Waals surface area (Å²) >= 11 is 5.89. The van der Waals surface area contributed by atoms with Crippen LogP contribution in [-0.2, 0) is 0 Å². The first kappa shape index (κ1) is 12.2. The van der Waals surface area contributed by atoms with Crippen molar-refractivity contribution < 1.29 is 0 Å². The standard InChI is InChI=1S/C13H18ClN3/c1-2-3-4-12-9-13(15)16-17(12)11-7-5-10(14)6-8-11/h5-8,12H,2-4,9H2,1H3,(H2,15,16). The quantitative estimate of drug-likeness (QED) is 0.891. The Morgan fingerprint density at radius 3 is 2.76 bits per heavy atom. The highest BCUT2D eigenvalue weighted by Crippen LogP contribution is 2.27. The summed E-state index contributed by atoms with van der Waals surface area (Å²) in [7, 11) is 0. The second-order valence-corrected chi connectivity index (χ2v) is 4.85. The third-order valence-corrected chi connectivity index (χ3v) is 3.26. The number of benzene rings is 1. The number of hydrazone groups is 1. The van der Waals surface area contributed by atoms with E-state index >= 15 is 0 Å². The zero-order valence-corrected chi connectivity index (χ0v) is 10.8. The van der Waals surface area contributed by atoms with Gasteiger partial charge in [0.1, 0.15) is 5.84 Å². The van der Waals surface area contributed by atoms with Crippen molar-refractivity contribution in [1.29, 1.82) is 0 Å². The van der Waals surface area contributed by atoms with Gasteiger partial charge in [-0.1, -0.05) is 31.4 Å². The van der Waals surface area contributed by atoms with Gasteiger partial charge in [-0.3, -0.25) is 5.01 Å². The molecule has 0 amide bonds. The molecule has 0 radical (unpaired) electrons. The normalized spacial score (nSPS) is 19.5. The second-order valence-electron chi connectivity index (χ2n) is 4.41. The maximum atomic E-state index is 5.89. The molecule has 1 heterocycles. The van der Waals surface area contributed by atoms with Gasteiger partial charge in [-0.2, -0.15) is 5.10 Å². The second kappa shape index (κ2) is 5.41. The van der Waals surface area contributed by atoms with E-state index in [0.717, 1.165) is 29.4 Å². The van der Waals surface area contributed by atoms with Gasteiger partial charge in [0.15, 0.2) is 0 Å². The van der Waals surface area contributed by atoms with E-state index in [9.17, 15) is 0 Å². The summed E-state index contributed by atoms with van der Waals surface area (Å²) in [4.78, 5) is 0. The number of amidine groups is 1. The van der Waals surface area contributed by atoms with Crippen molar-refractivity contribution in [2.24, 2.45) is 10.8 Å². The Hall–Kier alpha value is -1.22. The predicted octanol–water partition coefficient (Wildman–Crippen LogP) is 3.38. The molecular weight excluding hydrogens is 234 g/mol. The number of nitrogens with zero attached hydrogens (tertiary/aromatic N) is 2. The fourth-order valence-corrected chi connectivity index (χ4v) is 2.24. The van der Waals surface area contributed by atoms with Crippen molar-refractivity contribution in [2.75, 3.05) is 5.01 Å². The van der Waals surface area contributed by atoms with E-state index in [4.69, 9.17) is 17.3 Å². The van der Waals surface area contributed by atoms with Crippen LogP contribution in [0, 0.1) is 0 Å². The molecule has 2 rings (SSSR count). The zero-order valence-electron chi connectivity index (χ0n) is 10.1. The van der Waals surface area contributed by atoms with Crippen LogP contribution in [0.3, 0.4) is 0 Å². The summed E-state index contributed by atoms with van der Waals surface area (Å²) in [5.74, 6) is 0.723. The van der Waals surface area contributed by atoms with Crippen LogP contribution in [-0.4, -0.2) is 11.9 Å². The lowest BCUT2D eigenvalue weighted by molar-refractivity contribution is 0.571. The molecule has 0 aliphatic carbocycles. The summed E-state index contributed by atoms with van der Waals surface area (Å²) in [6, 6.07) is 8.15. The van der Waals surface area contributed by atoms with Gasteiger partial charge in [-0.15, -0.1) is 0 Å². The molecule has 92 valence electrons. The Morgan fingerprint density at radius 2 is 2.12 bits per heavy atom. The molecule has 0 aromatic heterocycles. The lowest BCUT2D eigenvalue weighted by atomic mass is 10.1. The average molecular weight is 252 g/mol. The highest BCUT2D eigenvalue weighted by Gasteiger charge is 2.25. The molecule has 0 saturated heterocycles. The Morgan fingerprint density at radius 1 is 1.41 bits per heavy atom. The molecule has 1 aliphatic heterocycles. The molecule has 0 fully saturated rings. The number of hydrogen-bond acceptors (Lipinski definition) is 3. The molecule has 0 bridgehead atoms. The Balaban J connectivity index is 2.13. The van der Waals surface area contributed by atoms with Gasteiger partial charge in [-0.25, -0.2) is 0 Å². The van der Waals surface area contributed by atoms with Crippen LogP contribution < -0.4 is 10.7 Å². The topological polar surface area (TPSA) is 41.6 Å². The molecule has 2 N–H and O–H groups in total. The molecule has 4 heteroatoms. The van der Waals surface area contributed by atoms with Crippen molar-refractivity contribution in [2.45, 2.75) is 38.6 Å². The number of hydrogen-bond donors (Lipinski definition) is 1. The van der Waals surface area contributed by atoms with Gasteiger partial charge < -0.3 is 5.73 Å². The molecular formula is C13H18ClN3. The molecule has 0 spiro atoms. The summed E-state index contributed by atoms with van der Waals surface area (Å²) in [6.45, 7) is 2.20. The minimum absolute atomic E-state index is 0.399. The predicted molar refractivity (Wildman–Crippen MR) is 73.5 cm³/mol. The molecule has 3 nitrogen and oxygen atoms in total. The van der Waals surface area contributed by atoms with Crippen molar-refractivity contribution in [3.63, 3.8) is 0 Å². The summed E-state index contributed by atoms with van der Waals surface area (Å²) < 4.78 is 0. The van der Waals surface area contributed by atoms with Crippen molar-refractivity contribution in [3.05, 3.63) is 29.3 Å². The van der Waals surface area contributed by atoms with Gasteiger partial charge in [0.05, 0.1) is 11.7 Å². The molecule has 1 aromatic carbocycles. The monoisotopic (exact) mass is 251 g/mol. The third-order valence-electron chi connectivity index (χ3n) is 3.01. The van der Waals surface area contributed by atoms with Crippen molar-refractivity contribution >= 4 is 23.1 Å². The SMILES string of the molecule is CCCCC1CC(N)=NN1c1ccc(Cl)cc1. The lowest BCUT2D eigenvalue weighted by Crippen LogP contribution is -2.26. The van der Waals surface area contributed by atoms with Crippen LogP contribution in [0.25, 0.3) is 0 Å². The van der Waals surface area contributed by atoms with Crippen LogP contribution >= 0.6 is 11.6 Å². The summed E-state index contributed by atoms with van der Waals surface area (Å²) in [5, 5.41) is 7.18. The van der Waals surface area contributed by atoms with Crippen LogP contribution in [0.4, 0.5) is 5.69 Å². The maximum Gasteiger partial charge on any atom is 0.122 e. The highest BCUT2D eigenvalue weighted by atomic mass is 35.5. The molecule has 0 saturated carbocycles. The van der Waals surface area contributed by atoms with Gasteiger partial charge >= 0.3 is 0 Å². The molecule has 17 heavy (non-hydrogen) atoms. The highest BCUT2D eigenvalue weighted by molar-refractivity contribution is 6.30. The minimum Gasteiger partial charge on any atom is -0.386 e. The van der Waals surface area contributed by atoms with Gasteiger partial charge in [0, 0.05) is 11.4 Å². The fraction of sp³-hybridized carbons (Fsp3) is 0.462. The van der Waals surface area contributed by atoms with Gasteiger partial charge in [-0.05, 0) is 30.7 Å². The van der Waals surface area contributed by atoms with E-state index in [-0.39, 0.29) is 0 Å². The van der Waals surface area contributed by atoms with Crippen LogP contribution in [0.5, 0.6) is 0 Å². The fourth-order valence-electron chi connectivity index (χ4n) is 2.12. The molecule has 1 atom stereocenters. The molecule has 1 aliphatic rings. The van der Waals surface area contributed by atoms with E-state index < -0.39 is 0 Å². The third kappa shape index (κ3) is 2.91. The van der Waals surface area contributed by atoms with Gasteiger partial charge in [0.25, 0.3) is 0 Å². The van der Waals surface area contributed by atoms with Gasteiger partial charge in [0.2, 0.25) is 0 Å². The number of anilines is 1. The first-order valence-electron chi connectivity index (χ1n) is 6.08. The average Bonchev–Trinajstić information content (AvgIpc) is 2.69. The number of halogens is 1.